The first-order chi connectivity index (χ1) is 11.2. The van der Waals surface area contributed by atoms with Gasteiger partial charge >= 0.3 is 5.97 Å². The van der Waals surface area contributed by atoms with Gasteiger partial charge in [-0.15, -0.1) is 0 Å². The third-order valence-corrected chi connectivity index (χ3v) is 3.55. The molecule has 0 aliphatic rings. The number of fused-ring (bicyclic) bond motifs is 2. The Morgan fingerprint density at radius 2 is 1.91 bits per heavy atom. The SMILES string of the molecule is O=C(O)c1cnc2cc(Oc3ccc4ccncc4c3)ccn12. The second kappa shape index (κ2) is 5.10. The average molecular weight is 305 g/mol. The second-order valence-electron chi connectivity index (χ2n) is 5.03. The fraction of sp³-hybridized carbons (Fsp3) is 0. The third kappa shape index (κ3) is 2.36. The van der Waals surface area contributed by atoms with Crippen molar-refractivity contribution in [2.75, 3.05) is 0 Å². The predicted octanol–water partition coefficient (Wildman–Crippen LogP) is 3.37. The Hall–Kier alpha value is -3.41. The highest BCUT2D eigenvalue weighted by Gasteiger charge is 2.11. The standard InChI is InChI=1S/C17H11N3O3/c21-17(22)15-10-19-16-8-14(4-6-20(15)16)23-13-2-1-11-3-5-18-9-12(11)7-13/h1-10H,(H,21,22). The zero-order valence-corrected chi connectivity index (χ0v) is 11.9. The first-order valence-corrected chi connectivity index (χ1v) is 6.93. The molecule has 0 atom stereocenters. The van der Waals surface area contributed by atoms with Crippen molar-refractivity contribution >= 4 is 22.4 Å². The first-order valence-electron chi connectivity index (χ1n) is 6.93. The zero-order valence-electron chi connectivity index (χ0n) is 11.9. The van der Waals surface area contributed by atoms with Gasteiger partial charge in [-0.1, -0.05) is 6.07 Å². The first kappa shape index (κ1) is 13.3. The van der Waals surface area contributed by atoms with Gasteiger partial charge in [-0.3, -0.25) is 9.38 Å². The largest absolute Gasteiger partial charge is 0.477 e. The van der Waals surface area contributed by atoms with Crippen molar-refractivity contribution in [1.82, 2.24) is 14.4 Å². The minimum absolute atomic E-state index is 0.114. The Labute approximate surface area is 130 Å². The maximum absolute atomic E-state index is 11.1. The van der Waals surface area contributed by atoms with E-state index in [9.17, 15) is 4.79 Å². The molecule has 0 saturated heterocycles. The van der Waals surface area contributed by atoms with E-state index in [-0.39, 0.29) is 5.69 Å². The normalized spacial score (nSPS) is 11.0. The molecular weight excluding hydrogens is 294 g/mol. The quantitative estimate of drug-likeness (QED) is 0.628. The lowest BCUT2D eigenvalue weighted by molar-refractivity contribution is 0.0689. The number of nitrogens with zero attached hydrogens (tertiary/aromatic N) is 3. The highest BCUT2D eigenvalue weighted by atomic mass is 16.5. The summed E-state index contributed by atoms with van der Waals surface area (Å²) < 4.78 is 7.34. The van der Waals surface area contributed by atoms with Gasteiger partial charge < -0.3 is 9.84 Å². The molecule has 0 amide bonds. The molecule has 3 heterocycles. The summed E-state index contributed by atoms with van der Waals surface area (Å²) in [7, 11) is 0. The van der Waals surface area contributed by atoms with E-state index in [0.29, 0.717) is 17.1 Å². The molecule has 112 valence electrons. The number of aromatic carboxylic acids is 1. The lowest BCUT2D eigenvalue weighted by Crippen LogP contribution is -2.01. The van der Waals surface area contributed by atoms with Gasteiger partial charge in [0, 0.05) is 30.0 Å². The summed E-state index contributed by atoms with van der Waals surface area (Å²) in [5.41, 5.74) is 0.630. The third-order valence-electron chi connectivity index (χ3n) is 3.55. The van der Waals surface area contributed by atoms with Crippen LogP contribution in [0, 0.1) is 0 Å². The molecular formula is C17H11N3O3. The number of carboxylic acids is 1. The van der Waals surface area contributed by atoms with Gasteiger partial charge in [-0.05, 0) is 29.7 Å². The molecule has 23 heavy (non-hydrogen) atoms. The molecule has 6 nitrogen and oxygen atoms in total. The van der Waals surface area contributed by atoms with Crippen LogP contribution in [-0.2, 0) is 0 Å². The van der Waals surface area contributed by atoms with Crippen LogP contribution in [0.25, 0.3) is 16.4 Å². The van der Waals surface area contributed by atoms with Crippen LogP contribution in [0.3, 0.4) is 0 Å². The topological polar surface area (TPSA) is 76.7 Å². The molecule has 0 spiro atoms. The summed E-state index contributed by atoms with van der Waals surface area (Å²) in [6.45, 7) is 0. The van der Waals surface area contributed by atoms with E-state index < -0.39 is 5.97 Å². The van der Waals surface area contributed by atoms with Crippen molar-refractivity contribution in [1.29, 1.82) is 0 Å². The second-order valence-corrected chi connectivity index (χ2v) is 5.03. The predicted molar refractivity (Wildman–Crippen MR) is 84.0 cm³/mol. The molecule has 0 unspecified atom stereocenters. The van der Waals surface area contributed by atoms with Gasteiger partial charge in [0.2, 0.25) is 0 Å². The molecule has 6 heteroatoms. The Balaban J connectivity index is 1.69. The van der Waals surface area contributed by atoms with E-state index >= 15 is 0 Å². The summed E-state index contributed by atoms with van der Waals surface area (Å²) in [6, 6.07) is 11.1. The number of imidazole rings is 1. The van der Waals surface area contributed by atoms with Gasteiger partial charge in [0.05, 0.1) is 6.20 Å². The van der Waals surface area contributed by atoms with E-state index in [1.54, 1.807) is 30.7 Å². The molecule has 3 aromatic heterocycles. The molecule has 0 radical (unpaired) electrons. The molecule has 1 aromatic carbocycles. The summed E-state index contributed by atoms with van der Waals surface area (Å²) >= 11 is 0. The van der Waals surface area contributed by atoms with Gasteiger partial charge in [0.1, 0.15) is 17.1 Å². The Kier molecular flexibility index (Phi) is 2.94. The van der Waals surface area contributed by atoms with Gasteiger partial charge in [-0.25, -0.2) is 9.78 Å². The van der Waals surface area contributed by atoms with E-state index in [2.05, 4.69) is 9.97 Å². The molecule has 0 bridgehead atoms. The summed E-state index contributed by atoms with van der Waals surface area (Å²) in [5, 5.41) is 11.2. The van der Waals surface area contributed by atoms with Crippen LogP contribution < -0.4 is 4.74 Å². The van der Waals surface area contributed by atoms with E-state index in [4.69, 9.17) is 9.84 Å². The van der Waals surface area contributed by atoms with E-state index in [1.165, 1.54) is 10.6 Å². The highest BCUT2D eigenvalue weighted by molar-refractivity contribution is 5.86. The number of ether oxygens (including phenoxy) is 1. The number of benzene rings is 1. The number of carbonyl (C=O) groups is 1. The maximum atomic E-state index is 11.1. The van der Waals surface area contributed by atoms with Gasteiger partial charge in [0.15, 0.2) is 5.69 Å². The van der Waals surface area contributed by atoms with Gasteiger partial charge in [0.25, 0.3) is 0 Å². The van der Waals surface area contributed by atoms with Crippen LogP contribution in [0.5, 0.6) is 11.5 Å². The highest BCUT2D eigenvalue weighted by Crippen LogP contribution is 2.26. The zero-order chi connectivity index (χ0) is 15.8. The van der Waals surface area contributed by atoms with Crippen LogP contribution in [0.15, 0.2) is 61.2 Å². The number of aromatic nitrogens is 3. The average Bonchev–Trinajstić information content (AvgIpc) is 2.98. The van der Waals surface area contributed by atoms with Crippen molar-refractivity contribution in [3.63, 3.8) is 0 Å². The summed E-state index contributed by atoms with van der Waals surface area (Å²) in [6.07, 6.45) is 6.47. The molecule has 1 N–H and O–H groups in total. The lowest BCUT2D eigenvalue weighted by Gasteiger charge is -2.07. The lowest BCUT2D eigenvalue weighted by atomic mass is 10.2. The van der Waals surface area contributed by atoms with Crippen molar-refractivity contribution in [3.8, 4) is 11.5 Å². The van der Waals surface area contributed by atoms with E-state index in [1.807, 2.05) is 24.3 Å². The Morgan fingerprint density at radius 3 is 2.78 bits per heavy atom. The van der Waals surface area contributed by atoms with Gasteiger partial charge in [-0.2, -0.15) is 0 Å². The monoisotopic (exact) mass is 305 g/mol. The molecule has 4 aromatic rings. The molecule has 0 fully saturated rings. The van der Waals surface area contributed by atoms with Crippen LogP contribution >= 0.6 is 0 Å². The number of carboxylic acid groups (broad SMARTS) is 1. The minimum atomic E-state index is -1.02. The molecule has 0 saturated carbocycles. The van der Waals surface area contributed by atoms with Crippen LogP contribution in [-0.4, -0.2) is 25.4 Å². The molecule has 0 aliphatic heterocycles. The van der Waals surface area contributed by atoms with Crippen LogP contribution in [0.2, 0.25) is 0 Å². The molecule has 0 aliphatic carbocycles. The fourth-order valence-corrected chi connectivity index (χ4v) is 2.45. The smallest absolute Gasteiger partial charge is 0.354 e. The fourth-order valence-electron chi connectivity index (χ4n) is 2.45. The van der Waals surface area contributed by atoms with Crippen molar-refractivity contribution in [2.45, 2.75) is 0 Å². The Bertz CT molecular complexity index is 1040. The maximum Gasteiger partial charge on any atom is 0.354 e. The number of rotatable bonds is 3. The van der Waals surface area contributed by atoms with Crippen molar-refractivity contribution in [3.05, 3.63) is 66.9 Å². The van der Waals surface area contributed by atoms with Crippen LogP contribution in [0.1, 0.15) is 10.5 Å². The van der Waals surface area contributed by atoms with Crippen molar-refractivity contribution in [2.24, 2.45) is 0 Å². The Morgan fingerprint density at radius 1 is 1.04 bits per heavy atom. The van der Waals surface area contributed by atoms with E-state index in [0.717, 1.165) is 10.8 Å². The minimum Gasteiger partial charge on any atom is -0.477 e. The van der Waals surface area contributed by atoms with Crippen LogP contribution in [0.4, 0.5) is 0 Å². The molecule has 4 rings (SSSR count). The number of pyridine rings is 2. The summed E-state index contributed by atoms with van der Waals surface area (Å²) in [5.74, 6) is 0.247. The number of hydrogen-bond acceptors (Lipinski definition) is 4. The van der Waals surface area contributed by atoms with Crippen molar-refractivity contribution < 1.29 is 14.6 Å². The number of hydrogen-bond donors (Lipinski definition) is 1. The summed E-state index contributed by atoms with van der Waals surface area (Å²) in [4.78, 5) is 19.3.